The largest absolute Gasteiger partial charge is 0.497 e. The lowest BCUT2D eigenvalue weighted by Crippen LogP contribution is -2.14. The third-order valence-electron chi connectivity index (χ3n) is 3.32. The summed E-state index contributed by atoms with van der Waals surface area (Å²) in [6.45, 7) is 3.84. The molecule has 1 saturated heterocycles. The van der Waals surface area contributed by atoms with Gasteiger partial charge in [-0.05, 0) is 48.0 Å². The lowest BCUT2D eigenvalue weighted by Gasteiger charge is -2.23. The summed E-state index contributed by atoms with van der Waals surface area (Å²) < 4.78 is 11.8. The van der Waals surface area contributed by atoms with Crippen molar-refractivity contribution in [3.8, 4) is 5.75 Å². The Labute approximate surface area is 131 Å². The van der Waals surface area contributed by atoms with Crippen molar-refractivity contribution in [1.29, 1.82) is 0 Å². The molecule has 0 aliphatic carbocycles. The minimum absolute atomic E-state index is 0.636. The highest BCUT2D eigenvalue weighted by atomic mass is 32.2. The lowest BCUT2D eigenvalue weighted by molar-refractivity contribution is 0.0908. The number of hydrogen-bond acceptors (Lipinski definition) is 4. The van der Waals surface area contributed by atoms with Gasteiger partial charge in [0.15, 0.2) is 0 Å². The standard InChI is InChI=1S/C16H24O2S2/c1-13(10-16-19-8-3-9-20-16)11-18-12-14-4-6-15(17-2)7-5-14/h4-7,13,16H,3,8-12H2,1-2H3/t13-/m1/s1. The molecule has 0 aromatic heterocycles. The third-order valence-corrected chi connectivity index (χ3v) is 6.31. The molecule has 1 fully saturated rings. The van der Waals surface area contributed by atoms with E-state index in [2.05, 4.69) is 42.6 Å². The molecule has 0 unspecified atom stereocenters. The van der Waals surface area contributed by atoms with E-state index in [1.807, 2.05) is 12.1 Å². The van der Waals surface area contributed by atoms with E-state index in [1.165, 1.54) is 29.9 Å². The molecule has 20 heavy (non-hydrogen) atoms. The van der Waals surface area contributed by atoms with Gasteiger partial charge in [-0.2, -0.15) is 0 Å². The second-order valence-corrected chi connectivity index (χ2v) is 8.15. The molecule has 1 atom stereocenters. The number of benzene rings is 1. The van der Waals surface area contributed by atoms with Crippen LogP contribution in [0.3, 0.4) is 0 Å². The fraction of sp³-hybridized carbons (Fsp3) is 0.625. The molecular formula is C16H24O2S2. The second kappa shape index (κ2) is 8.85. The van der Waals surface area contributed by atoms with Crippen LogP contribution in [0.15, 0.2) is 24.3 Å². The summed E-state index contributed by atoms with van der Waals surface area (Å²) >= 11 is 4.24. The van der Waals surface area contributed by atoms with Crippen LogP contribution in [0.1, 0.15) is 25.3 Å². The molecule has 0 amide bonds. The molecule has 1 aliphatic rings. The maximum absolute atomic E-state index is 5.84. The highest BCUT2D eigenvalue weighted by Gasteiger charge is 2.17. The van der Waals surface area contributed by atoms with E-state index >= 15 is 0 Å². The van der Waals surface area contributed by atoms with Crippen LogP contribution >= 0.6 is 23.5 Å². The first-order chi connectivity index (χ1) is 9.78. The van der Waals surface area contributed by atoms with Crippen LogP contribution in [-0.2, 0) is 11.3 Å². The summed E-state index contributed by atoms with van der Waals surface area (Å²) in [6, 6.07) is 8.10. The molecule has 0 saturated carbocycles. The number of thioether (sulfide) groups is 2. The second-order valence-electron chi connectivity index (χ2n) is 5.23. The molecule has 0 bridgehead atoms. The summed E-state index contributed by atoms with van der Waals surface area (Å²) in [4.78, 5) is 0. The van der Waals surface area contributed by atoms with Crippen molar-refractivity contribution in [3.05, 3.63) is 29.8 Å². The van der Waals surface area contributed by atoms with Crippen LogP contribution < -0.4 is 4.74 Å². The molecule has 1 aliphatic heterocycles. The SMILES string of the molecule is COc1ccc(COC[C@H](C)CC2SCCCS2)cc1. The molecule has 4 heteroatoms. The maximum Gasteiger partial charge on any atom is 0.118 e. The molecule has 1 aromatic carbocycles. The molecule has 0 N–H and O–H groups in total. The van der Waals surface area contributed by atoms with Crippen LogP contribution in [0, 0.1) is 5.92 Å². The quantitative estimate of drug-likeness (QED) is 0.741. The third kappa shape index (κ3) is 5.58. The number of hydrogen-bond donors (Lipinski definition) is 0. The zero-order valence-corrected chi connectivity index (χ0v) is 14.0. The average molecular weight is 312 g/mol. The Balaban J connectivity index is 1.63. The van der Waals surface area contributed by atoms with Gasteiger partial charge < -0.3 is 9.47 Å². The first-order valence-corrected chi connectivity index (χ1v) is 9.31. The van der Waals surface area contributed by atoms with E-state index in [-0.39, 0.29) is 0 Å². The van der Waals surface area contributed by atoms with Crippen molar-refractivity contribution in [1.82, 2.24) is 0 Å². The predicted molar refractivity (Wildman–Crippen MR) is 89.8 cm³/mol. The van der Waals surface area contributed by atoms with Crippen LogP contribution in [0.4, 0.5) is 0 Å². The van der Waals surface area contributed by atoms with E-state index < -0.39 is 0 Å². The maximum atomic E-state index is 5.84. The Hall–Kier alpha value is -0.320. The Morgan fingerprint density at radius 2 is 1.90 bits per heavy atom. The van der Waals surface area contributed by atoms with Crippen molar-refractivity contribution < 1.29 is 9.47 Å². The smallest absolute Gasteiger partial charge is 0.118 e. The van der Waals surface area contributed by atoms with Gasteiger partial charge in [-0.25, -0.2) is 0 Å². The molecule has 1 aromatic rings. The van der Waals surface area contributed by atoms with Crippen molar-refractivity contribution in [2.75, 3.05) is 25.2 Å². The average Bonchev–Trinajstić information content (AvgIpc) is 2.49. The molecular weight excluding hydrogens is 288 g/mol. The molecule has 2 rings (SSSR count). The minimum atomic E-state index is 0.636. The molecule has 112 valence electrons. The van der Waals surface area contributed by atoms with E-state index in [0.29, 0.717) is 12.5 Å². The molecule has 2 nitrogen and oxygen atoms in total. The lowest BCUT2D eigenvalue weighted by atomic mass is 10.1. The highest BCUT2D eigenvalue weighted by molar-refractivity contribution is 8.17. The van der Waals surface area contributed by atoms with Crippen molar-refractivity contribution in [2.24, 2.45) is 5.92 Å². The zero-order valence-electron chi connectivity index (χ0n) is 12.3. The van der Waals surface area contributed by atoms with Crippen molar-refractivity contribution in [2.45, 2.75) is 31.0 Å². The zero-order chi connectivity index (χ0) is 14.2. The number of methoxy groups -OCH3 is 1. The summed E-state index contributed by atoms with van der Waals surface area (Å²) in [6.07, 6.45) is 2.63. The Kier molecular flexibility index (Phi) is 7.11. The minimum Gasteiger partial charge on any atom is -0.497 e. The molecule has 0 radical (unpaired) electrons. The van der Waals surface area contributed by atoms with Gasteiger partial charge in [0.2, 0.25) is 0 Å². The molecule has 0 spiro atoms. The van der Waals surface area contributed by atoms with Gasteiger partial charge in [-0.15, -0.1) is 23.5 Å². The normalized spacial score (nSPS) is 17.9. The monoisotopic (exact) mass is 312 g/mol. The van der Waals surface area contributed by atoms with Crippen LogP contribution in [0.5, 0.6) is 5.75 Å². The summed E-state index contributed by atoms with van der Waals surface area (Å²) in [5, 5.41) is 0. The van der Waals surface area contributed by atoms with Gasteiger partial charge in [-0.3, -0.25) is 0 Å². The van der Waals surface area contributed by atoms with E-state index in [1.54, 1.807) is 7.11 Å². The van der Waals surface area contributed by atoms with Crippen molar-refractivity contribution >= 4 is 23.5 Å². The highest BCUT2D eigenvalue weighted by Crippen LogP contribution is 2.34. The van der Waals surface area contributed by atoms with E-state index in [4.69, 9.17) is 9.47 Å². The van der Waals surface area contributed by atoms with Crippen LogP contribution in [0.25, 0.3) is 0 Å². The van der Waals surface area contributed by atoms with Gasteiger partial charge in [0, 0.05) is 6.61 Å². The summed E-state index contributed by atoms with van der Waals surface area (Å²) in [5.41, 5.74) is 1.21. The Morgan fingerprint density at radius 1 is 1.20 bits per heavy atom. The van der Waals surface area contributed by atoms with E-state index in [9.17, 15) is 0 Å². The number of rotatable bonds is 7. The molecule has 1 heterocycles. The Bertz CT molecular complexity index is 375. The summed E-state index contributed by atoms with van der Waals surface area (Å²) in [5.74, 6) is 4.19. The van der Waals surface area contributed by atoms with Crippen LogP contribution in [-0.4, -0.2) is 29.8 Å². The van der Waals surface area contributed by atoms with Crippen molar-refractivity contribution in [3.63, 3.8) is 0 Å². The van der Waals surface area contributed by atoms with Gasteiger partial charge in [0.1, 0.15) is 5.75 Å². The fourth-order valence-corrected chi connectivity index (χ4v) is 5.39. The summed E-state index contributed by atoms with van der Waals surface area (Å²) in [7, 11) is 1.69. The first-order valence-electron chi connectivity index (χ1n) is 7.22. The van der Waals surface area contributed by atoms with E-state index in [0.717, 1.165) is 16.9 Å². The van der Waals surface area contributed by atoms with Gasteiger partial charge >= 0.3 is 0 Å². The van der Waals surface area contributed by atoms with Gasteiger partial charge in [0.05, 0.1) is 18.3 Å². The van der Waals surface area contributed by atoms with Crippen LogP contribution in [0.2, 0.25) is 0 Å². The Morgan fingerprint density at radius 3 is 2.55 bits per heavy atom. The van der Waals surface area contributed by atoms with Gasteiger partial charge in [-0.1, -0.05) is 19.1 Å². The number of ether oxygens (including phenoxy) is 2. The fourth-order valence-electron chi connectivity index (χ4n) is 2.17. The topological polar surface area (TPSA) is 18.5 Å². The predicted octanol–water partition coefficient (Wildman–Crippen LogP) is 4.43. The first kappa shape index (κ1) is 16.1. The van der Waals surface area contributed by atoms with Gasteiger partial charge in [0.25, 0.3) is 0 Å².